The van der Waals surface area contributed by atoms with Crippen LogP contribution in [0.15, 0.2) is 35.7 Å². The van der Waals surface area contributed by atoms with Gasteiger partial charge in [0.15, 0.2) is 0 Å². The Bertz CT molecular complexity index is 937. The number of thiophene rings is 1. The number of halogens is 1. The maximum atomic E-state index is 13.5. The summed E-state index contributed by atoms with van der Waals surface area (Å²) in [4.78, 5) is 31.6. The number of carbonyl (C=O) groups is 2. The lowest BCUT2D eigenvalue weighted by molar-refractivity contribution is -0.146. The highest BCUT2D eigenvalue weighted by molar-refractivity contribution is 7.10. The number of rotatable bonds is 7. The average molecular weight is 475 g/mol. The number of hydrogen-bond acceptors (Lipinski definition) is 4. The Kier molecular flexibility index (Phi) is 7.41. The standard InChI is InChI=1S/C25H31ClN2O3S/c1-17(2)28(25(30)18-5-3-4-6-18)15-24(29)27-13-11-23-21(12-14-32-23)22(27)16-31-20-9-7-19(26)8-10-20/h7-10,12,14,17-18,22H,3-6,11,13,15-16H2,1-2H3/t22-/m1/s1. The monoisotopic (exact) mass is 474 g/mol. The summed E-state index contributed by atoms with van der Waals surface area (Å²) in [7, 11) is 0. The van der Waals surface area contributed by atoms with E-state index in [0.29, 0.717) is 18.2 Å². The van der Waals surface area contributed by atoms with Crippen LogP contribution < -0.4 is 4.74 Å². The molecule has 1 atom stereocenters. The molecule has 0 saturated heterocycles. The second-order valence-electron chi connectivity index (χ2n) is 8.96. The average Bonchev–Trinajstić information content (AvgIpc) is 3.48. The molecule has 1 aliphatic carbocycles. The molecule has 1 aromatic heterocycles. The molecule has 1 saturated carbocycles. The van der Waals surface area contributed by atoms with Gasteiger partial charge >= 0.3 is 0 Å². The topological polar surface area (TPSA) is 49.9 Å². The van der Waals surface area contributed by atoms with Gasteiger partial charge in [-0.3, -0.25) is 9.59 Å². The van der Waals surface area contributed by atoms with Crippen LogP contribution in [0.4, 0.5) is 0 Å². The van der Waals surface area contributed by atoms with Crippen molar-refractivity contribution >= 4 is 34.8 Å². The fourth-order valence-electron chi connectivity index (χ4n) is 4.74. The number of fused-ring (bicyclic) bond motifs is 1. The number of hydrogen-bond donors (Lipinski definition) is 0. The highest BCUT2D eigenvalue weighted by Crippen LogP contribution is 2.34. The first-order valence-corrected chi connectivity index (χ1v) is 12.7. The lowest BCUT2D eigenvalue weighted by Crippen LogP contribution is -2.50. The van der Waals surface area contributed by atoms with Crippen molar-refractivity contribution in [2.75, 3.05) is 19.7 Å². The second-order valence-corrected chi connectivity index (χ2v) is 10.4. The van der Waals surface area contributed by atoms with Gasteiger partial charge in [-0.25, -0.2) is 0 Å². The van der Waals surface area contributed by atoms with E-state index in [4.69, 9.17) is 16.3 Å². The molecular weight excluding hydrogens is 444 g/mol. The highest BCUT2D eigenvalue weighted by Gasteiger charge is 2.35. The molecule has 32 heavy (non-hydrogen) atoms. The van der Waals surface area contributed by atoms with Crippen LogP contribution in [0.5, 0.6) is 5.75 Å². The fourth-order valence-corrected chi connectivity index (χ4v) is 5.79. The lowest BCUT2D eigenvalue weighted by atomic mass is 10.00. The molecule has 0 bridgehead atoms. The van der Waals surface area contributed by atoms with Crippen molar-refractivity contribution < 1.29 is 14.3 Å². The van der Waals surface area contributed by atoms with E-state index >= 15 is 0 Å². The lowest BCUT2D eigenvalue weighted by Gasteiger charge is -2.38. The van der Waals surface area contributed by atoms with Gasteiger partial charge in [0.05, 0.1) is 6.04 Å². The maximum Gasteiger partial charge on any atom is 0.242 e. The molecule has 0 spiro atoms. The van der Waals surface area contributed by atoms with Crippen LogP contribution in [-0.2, 0) is 16.0 Å². The molecule has 172 valence electrons. The van der Waals surface area contributed by atoms with Gasteiger partial charge in [0.25, 0.3) is 0 Å². The summed E-state index contributed by atoms with van der Waals surface area (Å²) in [6, 6.07) is 9.21. The number of nitrogens with zero attached hydrogens (tertiary/aromatic N) is 2. The van der Waals surface area contributed by atoms with Gasteiger partial charge in [-0.05, 0) is 74.4 Å². The van der Waals surface area contributed by atoms with Crippen molar-refractivity contribution in [2.45, 2.75) is 58.0 Å². The highest BCUT2D eigenvalue weighted by atomic mass is 35.5. The predicted molar refractivity (Wildman–Crippen MR) is 128 cm³/mol. The second kappa shape index (κ2) is 10.3. The SMILES string of the molecule is CC(C)N(CC(=O)N1CCc2sccc2[C@H]1COc1ccc(Cl)cc1)C(=O)C1CCCC1. The molecule has 1 aliphatic heterocycles. The number of benzene rings is 1. The van der Waals surface area contributed by atoms with Gasteiger partial charge in [0.2, 0.25) is 11.8 Å². The van der Waals surface area contributed by atoms with Crippen LogP contribution in [0.2, 0.25) is 5.02 Å². The Balaban J connectivity index is 1.49. The third kappa shape index (κ3) is 5.12. The predicted octanol–water partition coefficient (Wildman–Crippen LogP) is 5.33. The van der Waals surface area contributed by atoms with Crippen molar-refractivity contribution in [1.29, 1.82) is 0 Å². The molecule has 2 amide bonds. The van der Waals surface area contributed by atoms with E-state index < -0.39 is 0 Å². The zero-order valence-electron chi connectivity index (χ0n) is 18.8. The summed E-state index contributed by atoms with van der Waals surface area (Å²) in [5.74, 6) is 0.920. The Morgan fingerprint density at radius 1 is 1.19 bits per heavy atom. The van der Waals surface area contributed by atoms with Crippen molar-refractivity contribution in [2.24, 2.45) is 5.92 Å². The maximum absolute atomic E-state index is 13.5. The molecular formula is C25H31ClN2O3S. The summed E-state index contributed by atoms with van der Waals surface area (Å²) < 4.78 is 6.06. The van der Waals surface area contributed by atoms with E-state index in [1.807, 2.05) is 30.9 Å². The first-order valence-electron chi connectivity index (χ1n) is 11.5. The van der Waals surface area contributed by atoms with Crippen LogP contribution in [-0.4, -0.2) is 47.4 Å². The van der Waals surface area contributed by atoms with Crippen molar-refractivity contribution in [3.63, 3.8) is 0 Å². The fraction of sp³-hybridized carbons (Fsp3) is 0.520. The molecule has 2 aromatic rings. The van der Waals surface area contributed by atoms with Crippen LogP contribution in [0, 0.1) is 5.92 Å². The molecule has 1 fully saturated rings. The Morgan fingerprint density at radius 3 is 2.59 bits per heavy atom. The number of carbonyl (C=O) groups excluding carboxylic acids is 2. The molecule has 2 aliphatic rings. The smallest absolute Gasteiger partial charge is 0.242 e. The van der Waals surface area contributed by atoms with E-state index in [0.717, 1.165) is 43.4 Å². The minimum atomic E-state index is -0.163. The molecule has 1 aromatic carbocycles. The third-order valence-corrected chi connectivity index (χ3v) is 7.80. The molecule has 5 nitrogen and oxygen atoms in total. The summed E-state index contributed by atoms with van der Waals surface area (Å²) in [5.41, 5.74) is 1.15. The summed E-state index contributed by atoms with van der Waals surface area (Å²) >= 11 is 7.72. The Hall–Kier alpha value is -2.05. The van der Waals surface area contributed by atoms with Crippen molar-refractivity contribution in [3.8, 4) is 5.75 Å². The van der Waals surface area contributed by atoms with E-state index in [1.165, 1.54) is 4.88 Å². The van der Waals surface area contributed by atoms with Crippen molar-refractivity contribution in [3.05, 3.63) is 51.2 Å². The van der Waals surface area contributed by atoms with Gasteiger partial charge in [0.1, 0.15) is 18.9 Å². The largest absolute Gasteiger partial charge is 0.491 e. The minimum Gasteiger partial charge on any atom is -0.491 e. The molecule has 0 N–H and O–H groups in total. The van der Waals surface area contributed by atoms with E-state index in [-0.39, 0.29) is 36.4 Å². The minimum absolute atomic E-state index is 0.00248. The quantitative estimate of drug-likeness (QED) is 0.544. The van der Waals surface area contributed by atoms with Gasteiger partial charge in [0, 0.05) is 28.4 Å². The molecule has 7 heteroatoms. The number of ether oxygens (including phenoxy) is 1. The molecule has 0 unspecified atom stereocenters. The van der Waals surface area contributed by atoms with Crippen molar-refractivity contribution in [1.82, 2.24) is 9.80 Å². The van der Waals surface area contributed by atoms with E-state index in [2.05, 4.69) is 11.4 Å². The van der Waals surface area contributed by atoms with Crippen LogP contribution in [0.25, 0.3) is 0 Å². The van der Waals surface area contributed by atoms with E-state index in [9.17, 15) is 9.59 Å². The zero-order chi connectivity index (χ0) is 22.7. The van der Waals surface area contributed by atoms with Gasteiger partial charge in [-0.15, -0.1) is 11.3 Å². The van der Waals surface area contributed by atoms with Gasteiger partial charge < -0.3 is 14.5 Å². The van der Waals surface area contributed by atoms with Crippen LogP contribution in [0.1, 0.15) is 56.0 Å². The van der Waals surface area contributed by atoms with Gasteiger partial charge in [-0.2, -0.15) is 0 Å². The number of amides is 2. The van der Waals surface area contributed by atoms with Crippen LogP contribution in [0.3, 0.4) is 0 Å². The Labute approximate surface area is 199 Å². The van der Waals surface area contributed by atoms with Gasteiger partial charge in [-0.1, -0.05) is 24.4 Å². The third-order valence-electron chi connectivity index (χ3n) is 6.55. The Morgan fingerprint density at radius 2 is 1.91 bits per heavy atom. The molecule has 2 heterocycles. The first-order chi connectivity index (χ1) is 15.4. The normalized spacial score (nSPS) is 18.6. The summed E-state index contributed by atoms with van der Waals surface area (Å²) in [5, 5.41) is 2.74. The first kappa shape index (κ1) is 23.1. The zero-order valence-corrected chi connectivity index (χ0v) is 20.3. The molecule has 0 radical (unpaired) electrons. The summed E-state index contributed by atoms with van der Waals surface area (Å²) in [6.07, 6.45) is 4.93. The van der Waals surface area contributed by atoms with Crippen LogP contribution >= 0.6 is 22.9 Å². The molecule has 4 rings (SSSR count). The van der Waals surface area contributed by atoms with E-state index in [1.54, 1.807) is 28.4 Å². The summed E-state index contributed by atoms with van der Waals surface area (Å²) in [6.45, 7) is 5.13.